The third-order valence-electron chi connectivity index (χ3n) is 7.26. The molecule has 4 aromatic rings. The average molecular weight is 542 g/mol. The van der Waals surface area contributed by atoms with Crippen molar-refractivity contribution in [3.8, 4) is 23.0 Å². The monoisotopic (exact) mass is 541 g/mol. The van der Waals surface area contributed by atoms with E-state index in [4.69, 9.17) is 30.5 Å². The van der Waals surface area contributed by atoms with Gasteiger partial charge in [0.2, 0.25) is 5.88 Å². The van der Waals surface area contributed by atoms with Gasteiger partial charge < -0.3 is 29.0 Å². The number of rotatable bonds is 5. The molecule has 2 aliphatic heterocycles. The van der Waals surface area contributed by atoms with E-state index in [1.165, 1.54) is 18.2 Å². The molecule has 38 heavy (non-hydrogen) atoms. The van der Waals surface area contributed by atoms with Gasteiger partial charge in [-0.3, -0.25) is 0 Å². The van der Waals surface area contributed by atoms with E-state index in [2.05, 4.69) is 15.0 Å². The van der Waals surface area contributed by atoms with Crippen LogP contribution in [0.25, 0.3) is 22.3 Å². The third-order valence-corrected chi connectivity index (χ3v) is 7.53. The Hall–Kier alpha value is -3.31. The van der Waals surface area contributed by atoms with Crippen LogP contribution >= 0.6 is 11.6 Å². The van der Waals surface area contributed by atoms with Gasteiger partial charge in [-0.15, -0.1) is 0 Å². The normalized spacial score (nSPS) is 26.1. The maximum Gasteiger partial charge on any atom is 0.296 e. The SMILES string of the molecule is O[C@@H]1CO[C@H]2[C@@H]1OC[C@H]2Oc1nc2nc(OC3CCc4cc(-c5ccc(F)cc5)cc(F)c43)c(Cl)cc2[nH]1. The van der Waals surface area contributed by atoms with Crippen molar-refractivity contribution in [1.29, 1.82) is 0 Å². The maximum absolute atomic E-state index is 15.3. The van der Waals surface area contributed by atoms with Gasteiger partial charge in [-0.1, -0.05) is 29.8 Å². The minimum atomic E-state index is -0.676. The highest BCUT2D eigenvalue weighted by Crippen LogP contribution is 2.41. The minimum Gasteiger partial charge on any atom is -0.468 e. The lowest BCUT2D eigenvalue weighted by molar-refractivity contribution is 0.00706. The van der Waals surface area contributed by atoms with Crippen molar-refractivity contribution >= 4 is 22.8 Å². The minimum absolute atomic E-state index is 0.142. The Bertz CT molecular complexity index is 1530. The summed E-state index contributed by atoms with van der Waals surface area (Å²) >= 11 is 6.47. The number of aliphatic hydroxyl groups is 1. The number of fused-ring (bicyclic) bond motifs is 3. The second-order valence-corrected chi connectivity index (χ2v) is 10.1. The molecule has 0 radical (unpaired) electrons. The standard InChI is InChI=1S/C27H22ClF2N3O5/c28-16-9-18-25(33-27(31-18)38-21-11-36-23-19(34)10-35-24(21)23)32-26(16)37-20-6-3-13-7-14(8-17(30)22(13)20)12-1-4-15(29)5-2-12/h1-2,4-5,7-9,19-21,23-24,34H,3,6,10-11H2,(H,31,32,33)/t19-,20?,21-,23-,24-/m1/s1. The van der Waals surface area contributed by atoms with Gasteiger partial charge in [0.05, 0.1) is 18.7 Å². The number of aliphatic hydroxyl groups excluding tert-OH is 1. The number of nitrogens with one attached hydrogen (secondary N) is 1. The largest absolute Gasteiger partial charge is 0.468 e. The van der Waals surface area contributed by atoms with E-state index < -0.39 is 30.2 Å². The first kappa shape index (κ1) is 23.8. The molecule has 2 aromatic carbocycles. The lowest BCUT2D eigenvalue weighted by atomic mass is 9.99. The molecule has 196 valence electrons. The summed E-state index contributed by atoms with van der Waals surface area (Å²) in [6.45, 7) is 0.465. The average Bonchev–Trinajstić information content (AvgIpc) is 3.66. The number of aryl methyl sites for hydroxylation is 1. The molecule has 11 heteroatoms. The molecule has 0 bridgehead atoms. The second kappa shape index (κ2) is 9.16. The Labute approximate surface area is 220 Å². The molecule has 8 nitrogen and oxygen atoms in total. The van der Waals surface area contributed by atoms with Gasteiger partial charge in [-0.05, 0) is 53.8 Å². The number of pyridine rings is 1. The maximum atomic E-state index is 15.3. The third kappa shape index (κ3) is 4.08. The molecule has 2 aromatic heterocycles. The van der Waals surface area contributed by atoms with Gasteiger partial charge in [0.15, 0.2) is 11.8 Å². The molecule has 0 amide bonds. The van der Waals surface area contributed by atoms with Crippen LogP contribution in [0, 0.1) is 11.6 Å². The summed E-state index contributed by atoms with van der Waals surface area (Å²) < 4.78 is 51.8. The van der Waals surface area contributed by atoms with Crippen LogP contribution in [0.2, 0.25) is 5.02 Å². The van der Waals surface area contributed by atoms with E-state index >= 15 is 4.39 Å². The van der Waals surface area contributed by atoms with E-state index in [1.54, 1.807) is 18.2 Å². The van der Waals surface area contributed by atoms with Gasteiger partial charge in [0, 0.05) is 5.56 Å². The van der Waals surface area contributed by atoms with Crippen molar-refractivity contribution in [2.45, 2.75) is 43.4 Å². The van der Waals surface area contributed by atoms with E-state index in [0.717, 1.165) is 11.1 Å². The van der Waals surface area contributed by atoms with E-state index in [-0.39, 0.29) is 42.0 Å². The fraction of sp³-hybridized carbons (Fsp3) is 0.333. The van der Waals surface area contributed by atoms with Crippen molar-refractivity contribution in [2.75, 3.05) is 13.2 Å². The van der Waals surface area contributed by atoms with Crippen LogP contribution in [0.1, 0.15) is 23.7 Å². The Morgan fingerprint density at radius 3 is 2.63 bits per heavy atom. The predicted molar refractivity (Wildman–Crippen MR) is 132 cm³/mol. The molecule has 2 N–H and O–H groups in total. The fourth-order valence-corrected chi connectivity index (χ4v) is 5.64. The van der Waals surface area contributed by atoms with Crippen LogP contribution < -0.4 is 9.47 Å². The van der Waals surface area contributed by atoms with Crippen LogP contribution in [0.5, 0.6) is 11.9 Å². The first-order valence-corrected chi connectivity index (χ1v) is 12.7. The number of imidazole rings is 1. The highest BCUT2D eigenvalue weighted by Gasteiger charge is 2.48. The van der Waals surface area contributed by atoms with Gasteiger partial charge >= 0.3 is 0 Å². The molecule has 2 saturated heterocycles. The van der Waals surface area contributed by atoms with Crippen molar-refractivity contribution in [2.24, 2.45) is 0 Å². The number of aromatic amines is 1. The van der Waals surface area contributed by atoms with Crippen LogP contribution in [-0.4, -0.2) is 57.7 Å². The summed E-state index contributed by atoms with van der Waals surface area (Å²) in [6, 6.07) is 11.2. The number of nitrogens with zero attached hydrogens (tertiary/aromatic N) is 2. The Morgan fingerprint density at radius 2 is 1.79 bits per heavy atom. The molecule has 7 rings (SSSR count). The Morgan fingerprint density at radius 1 is 0.974 bits per heavy atom. The Balaban J connectivity index is 1.11. The highest BCUT2D eigenvalue weighted by molar-refractivity contribution is 6.32. The number of hydrogen-bond donors (Lipinski definition) is 2. The molecule has 3 aliphatic rings. The quantitative estimate of drug-likeness (QED) is 0.383. The summed E-state index contributed by atoms with van der Waals surface area (Å²) in [6.07, 6.45) is -1.29. The second-order valence-electron chi connectivity index (χ2n) is 9.69. The van der Waals surface area contributed by atoms with Crippen LogP contribution in [0.15, 0.2) is 42.5 Å². The molecule has 0 spiro atoms. The number of halogens is 3. The molecular formula is C27H22ClF2N3O5. The molecule has 5 atom stereocenters. The molecule has 1 aliphatic carbocycles. The van der Waals surface area contributed by atoms with Crippen molar-refractivity contribution < 1.29 is 32.8 Å². The Kier molecular flexibility index (Phi) is 5.73. The molecule has 0 saturated carbocycles. The predicted octanol–water partition coefficient (Wildman–Crippen LogP) is 4.53. The molecule has 4 heterocycles. The van der Waals surface area contributed by atoms with E-state index in [9.17, 15) is 9.50 Å². The lowest BCUT2D eigenvalue weighted by Crippen LogP contribution is -2.34. The number of H-pyrrole nitrogens is 1. The summed E-state index contributed by atoms with van der Waals surface area (Å²) in [5.41, 5.74) is 3.59. The number of benzene rings is 2. The van der Waals surface area contributed by atoms with E-state index in [0.29, 0.717) is 35.1 Å². The zero-order valence-corrected chi connectivity index (χ0v) is 20.6. The van der Waals surface area contributed by atoms with Crippen LogP contribution in [0.3, 0.4) is 0 Å². The van der Waals surface area contributed by atoms with Crippen LogP contribution in [-0.2, 0) is 15.9 Å². The number of aromatic nitrogens is 3. The van der Waals surface area contributed by atoms with Crippen molar-refractivity contribution in [3.05, 3.63) is 70.2 Å². The number of ether oxygens (including phenoxy) is 4. The van der Waals surface area contributed by atoms with Crippen molar-refractivity contribution in [3.63, 3.8) is 0 Å². The molecule has 1 unspecified atom stereocenters. The number of hydrogen-bond acceptors (Lipinski definition) is 7. The summed E-state index contributed by atoms with van der Waals surface area (Å²) in [7, 11) is 0. The summed E-state index contributed by atoms with van der Waals surface area (Å²) in [5, 5.41) is 10.2. The zero-order valence-electron chi connectivity index (χ0n) is 19.9. The smallest absolute Gasteiger partial charge is 0.296 e. The topological polar surface area (TPSA) is 98.7 Å². The van der Waals surface area contributed by atoms with Crippen LogP contribution in [0.4, 0.5) is 8.78 Å². The van der Waals surface area contributed by atoms with E-state index in [1.807, 2.05) is 6.07 Å². The fourth-order valence-electron chi connectivity index (χ4n) is 5.44. The van der Waals surface area contributed by atoms with Crippen molar-refractivity contribution in [1.82, 2.24) is 15.0 Å². The molecule has 2 fully saturated rings. The summed E-state index contributed by atoms with van der Waals surface area (Å²) in [5.74, 6) is -0.596. The lowest BCUT2D eigenvalue weighted by Gasteiger charge is -2.16. The van der Waals surface area contributed by atoms with Gasteiger partial charge in [-0.2, -0.15) is 9.97 Å². The zero-order chi connectivity index (χ0) is 26.0. The molecular weight excluding hydrogens is 520 g/mol. The van der Waals surface area contributed by atoms with Gasteiger partial charge in [0.25, 0.3) is 6.01 Å². The van der Waals surface area contributed by atoms with Gasteiger partial charge in [-0.25, -0.2) is 8.78 Å². The summed E-state index contributed by atoms with van der Waals surface area (Å²) in [4.78, 5) is 11.9. The highest BCUT2D eigenvalue weighted by atomic mass is 35.5. The first-order chi connectivity index (χ1) is 18.4. The first-order valence-electron chi connectivity index (χ1n) is 12.3. The van der Waals surface area contributed by atoms with Gasteiger partial charge in [0.1, 0.15) is 41.1 Å².